The number of aromatic nitrogens is 2. The summed E-state index contributed by atoms with van der Waals surface area (Å²) in [5.74, 6) is 0.780. The Morgan fingerprint density at radius 3 is 2.58 bits per heavy atom. The van der Waals surface area contributed by atoms with Gasteiger partial charge in [-0.15, -0.1) is 0 Å². The number of aromatic amines is 1. The summed E-state index contributed by atoms with van der Waals surface area (Å²) < 4.78 is 1.41. The quantitative estimate of drug-likeness (QED) is 0.744. The van der Waals surface area contributed by atoms with Crippen LogP contribution < -0.4 is 22.3 Å². The van der Waals surface area contributed by atoms with Crippen molar-refractivity contribution in [1.29, 1.82) is 0 Å². The highest BCUT2D eigenvalue weighted by Gasteiger charge is 2.38. The summed E-state index contributed by atoms with van der Waals surface area (Å²) in [6.45, 7) is 6.57. The average Bonchev–Trinajstić information content (AvgIpc) is 3.14. The molecule has 6 heteroatoms. The van der Waals surface area contributed by atoms with Crippen LogP contribution in [0.3, 0.4) is 0 Å². The summed E-state index contributed by atoms with van der Waals surface area (Å²) in [5.41, 5.74) is 5.22. The summed E-state index contributed by atoms with van der Waals surface area (Å²) in [6, 6.07) is 0. The molecule has 19 heavy (non-hydrogen) atoms. The number of nitrogens with two attached hydrogens (primary N) is 1. The van der Waals surface area contributed by atoms with Gasteiger partial charge < -0.3 is 11.1 Å². The van der Waals surface area contributed by atoms with Crippen LogP contribution in [0.15, 0.2) is 9.59 Å². The molecule has 0 bridgehead atoms. The highest BCUT2D eigenvalue weighted by molar-refractivity contribution is 5.61. The lowest BCUT2D eigenvalue weighted by molar-refractivity contribution is 0.492. The van der Waals surface area contributed by atoms with E-state index in [9.17, 15) is 9.59 Å². The van der Waals surface area contributed by atoms with Gasteiger partial charge in [0, 0.05) is 12.1 Å². The van der Waals surface area contributed by atoms with E-state index in [2.05, 4.69) is 24.1 Å². The van der Waals surface area contributed by atoms with Gasteiger partial charge in [0.1, 0.15) is 11.5 Å². The summed E-state index contributed by atoms with van der Waals surface area (Å²) in [6.07, 6.45) is 3.10. The van der Waals surface area contributed by atoms with Gasteiger partial charge in [0.05, 0.1) is 0 Å². The van der Waals surface area contributed by atoms with Gasteiger partial charge in [-0.25, -0.2) is 4.79 Å². The first-order valence-corrected chi connectivity index (χ1v) is 6.77. The zero-order chi connectivity index (χ0) is 14.2. The van der Waals surface area contributed by atoms with Crippen molar-refractivity contribution in [3.05, 3.63) is 20.8 Å². The van der Waals surface area contributed by atoms with E-state index in [0.29, 0.717) is 18.2 Å². The molecule has 2 rings (SSSR count). The van der Waals surface area contributed by atoms with Crippen molar-refractivity contribution in [2.24, 2.45) is 5.92 Å². The minimum atomic E-state index is -0.445. The molecule has 0 spiro atoms. The average molecular weight is 266 g/mol. The van der Waals surface area contributed by atoms with E-state index in [1.54, 1.807) is 0 Å². The van der Waals surface area contributed by atoms with Crippen LogP contribution in [0.2, 0.25) is 0 Å². The zero-order valence-electron chi connectivity index (χ0n) is 11.7. The van der Waals surface area contributed by atoms with E-state index in [4.69, 9.17) is 5.73 Å². The van der Waals surface area contributed by atoms with Crippen molar-refractivity contribution in [2.45, 2.75) is 52.1 Å². The minimum absolute atomic E-state index is 0.185. The lowest BCUT2D eigenvalue weighted by Crippen LogP contribution is -2.40. The Balaban J connectivity index is 2.42. The Morgan fingerprint density at radius 1 is 1.42 bits per heavy atom. The molecule has 1 saturated carbocycles. The van der Waals surface area contributed by atoms with Gasteiger partial charge in [-0.2, -0.15) is 0 Å². The molecule has 1 aromatic rings. The molecule has 1 aromatic heterocycles. The van der Waals surface area contributed by atoms with E-state index < -0.39 is 11.2 Å². The standard InChI is InChI=1S/C13H22N4O2/c1-4-7-17-10(14)9(11(18)15-12(17)19)16-13(2,3)8-5-6-8/h8,16H,4-7,14H2,1-3H3,(H,15,18,19). The molecule has 0 atom stereocenters. The largest absolute Gasteiger partial charge is 0.383 e. The van der Waals surface area contributed by atoms with Crippen LogP contribution in [0, 0.1) is 5.92 Å². The number of hydrogen-bond donors (Lipinski definition) is 3. The maximum absolute atomic E-state index is 11.9. The Kier molecular flexibility index (Phi) is 3.43. The first kappa shape index (κ1) is 13.7. The van der Waals surface area contributed by atoms with Gasteiger partial charge >= 0.3 is 5.69 Å². The molecule has 0 amide bonds. The van der Waals surface area contributed by atoms with E-state index in [1.165, 1.54) is 4.57 Å². The normalized spacial score (nSPS) is 15.5. The Hall–Kier alpha value is -1.72. The third kappa shape index (κ3) is 2.67. The monoisotopic (exact) mass is 266 g/mol. The second-order valence-electron chi connectivity index (χ2n) is 5.79. The van der Waals surface area contributed by atoms with Gasteiger partial charge in [0.15, 0.2) is 0 Å². The molecular weight excluding hydrogens is 244 g/mol. The molecule has 0 aliphatic heterocycles. The lowest BCUT2D eigenvalue weighted by atomic mass is 9.98. The summed E-state index contributed by atoms with van der Waals surface area (Å²) in [4.78, 5) is 26.0. The maximum Gasteiger partial charge on any atom is 0.330 e. The smallest absolute Gasteiger partial charge is 0.330 e. The predicted molar refractivity (Wildman–Crippen MR) is 76.5 cm³/mol. The van der Waals surface area contributed by atoms with E-state index in [1.807, 2.05) is 6.92 Å². The number of nitrogens with zero attached hydrogens (tertiary/aromatic N) is 1. The first-order valence-electron chi connectivity index (χ1n) is 6.77. The van der Waals surface area contributed by atoms with Gasteiger partial charge in [-0.05, 0) is 39.0 Å². The van der Waals surface area contributed by atoms with Crippen LogP contribution in [0.4, 0.5) is 11.5 Å². The second-order valence-corrected chi connectivity index (χ2v) is 5.79. The highest BCUT2D eigenvalue weighted by Crippen LogP contribution is 2.41. The first-order chi connectivity index (χ1) is 8.86. The molecule has 4 N–H and O–H groups in total. The number of nitrogen functional groups attached to an aromatic ring is 1. The Labute approximate surface area is 112 Å². The van der Waals surface area contributed by atoms with Crippen molar-refractivity contribution in [3.8, 4) is 0 Å². The summed E-state index contributed by atoms with van der Waals surface area (Å²) in [7, 11) is 0. The van der Waals surface area contributed by atoms with Crippen LogP contribution in [0.5, 0.6) is 0 Å². The van der Waals surface area contributed by atoms with Gasteiger partial charge in [-0.3, -0.25) is 14.3 Å². The van der Waals surface area contributed by atoms with Crippen molar-refractivity contribution >= 4 is 11.5 Å². The van der Waals surface area contributed by atoms with Gasteiger partial charge in [0.25, 0.3) is 5.56 Å². The van der Waals surface area contributed by atoms with Crippen LogP contribution in [0.25, 0.3) is 0 Å². The fraction of sp³-hybridized carbons (Fsp3) is 0.692. The van der Waals surface area contributed by atoms with Crippen LogP contribution in [0.1, 0.15) is 40.0 Å². The molecule has 0 aromatic carbocycles. The maximum atomic E-state index is 11.9. The zero-order valence-corrected chi connectivity index (χ0v) is 11.7. The Morgan fingerprint density at radius 2 is 2.05 bits per heavy atom. The van der Waals surface area contributed by atoms with Crippen molar-refractivity contribution < 1.29 is 0 Å². The fourth-order valence-electron chi connectivity index (χ4n) is 2.38. The number of hydrogen-bond acceptors (Lipinski definition) is 4. The molecule has 1 heterocycles. The van der Waals surface area contributed by atoms with Crippen molar-refractivity contribution in [2.75, 3.05) is 11.1 Å². The molecule has 1 fully saturated rings. The van der Waals surface area contributed by atoms with Crippen LogP contribution >= 0.6 is 0 Å². The lowest BCUT2D eigenvalue weighted by Gasteiger charge is -2.28. The second kappa shape index (κ2) is 4.75. The highest BCUT2D eigenvalue weighted by atomic mass is 16.2. The van der Waals surface area contributed by atoms with Crippen LogP contribution in [-0.4, -0.2) is 15.1 Å². The fourth-order valence-corrected chi connectivity index (χ4v) is 2.38. The number of anilines is 2. The van der Waals surface area contributed by atoms with Crippen molar-refractivity contribution in [3.63, 3.8) is 0 Å². The molecule has 1 aliphatic rings. The molecule has 1 aliphatic carbocycles. The Bertz CT molecular complexity index is 581. The van der Waals surface area contributed by atoms with Gasteiger partial charge in [-0.1, -0.05) is 6.92 Å². The van der Waals surface area contributed by atoms with E-state index in [-0.39, 0.29) is 11.4 Å². The molecular formula is C13H22N4O2. The topological polar surface area (TPSA) is 92.9 Å². The molecule has 0 unspecified atom stereocenters. The third-order valence-corrected chi connectivity index (χ3v) is 3.73. The summed E-state index contributed by atoms with van der Waals surface area (Å²) >= 11 is 0. The molecule has 0 radical (unpaired) electrons. The molecule has 106 valence electrons. The molecule has 6 nitrogen and oxygen atoms in total. The third-order valence-electron chi connectivity index (χ3n) is 3.73. The van der Waals surface area contributed by atoms with Crippen molar-refractivity contribution in [1.82, 2.24) is 9.55 Å². The van der Waals surface area contributed by atoms with E-state index in [0.717, 1.165) is 19.3 Å². The SMILES string of the molecule is CCCn1c(N)c(NC(C)(C)C2CC2)c(=O)[nH]c1=O. The van der Waals surface area contributed by atoms with Crippen LogP contribution in [-0.2, 0) is 6.54 Å². The molecule has 0 saturated heterocycles. The van der Waals surface area contributed by atoms with Gasteiger partial charge in [0.2, 0.25) is 0 Å². The summed E-state index contributed by atoms with van der Waals surface area (Å²) in [5, 5.41) is 3.21. The number of rotatable bonds is 5. The minimum Gasteiger partial charge on any atom is -0.383 e. The number of nitrogens with one attached hydrogen (secondary N) is 2. The predicted octanol–water partition coefficient (Wildman–Crippen LogP) is 1.13. The van der Waals surface area contributed by atoms with E-state index >= 15 is 0 Å². The number of H-pyrrole nitrogens is 1.